The Bertz CT molecular complexity index is 1760. The van der Waals surface area contributed by atoms with Crippen LogP contribution in [0.25, 0.3) is 0 Å². The number of carbonyl (C=O) groups is 4. The Kier molecular flexibility index (Phi) is 12.1. The zero-order valence-corrected chi connectivity index (χ0v) is 27.3. The molecule has 2 aliphatic rings. The van der Waals surface area contributed by atoms with E-state index in [9.17, 15) is 19.2 Å². The standard InChI is InChI=1S/C20H21NO4.C20H19NO3/c22-12-6-9-16-13-19(23)17-10-4-5-11-18(17)21(16)20(24)25-14-15-7-2-1-3-8-15;1-2-8-16-13-19(22)17-11-6-7-12-18(17)21(16)20(23)24-14-15-9-4-3-5-10-15/h1-5,7-8,10-11,16,22H,6,9,12-14H2;2-7,9-12,16H,1,8,13-14H2. The molecule has 0 radical (unpaired) electrons. The summed E-state index contributed by atoms with van der Waals surface area (Å²) >= 11 is 0. The summed E-state index contributed by atoms with van der Waals surface area (Å²) in [4.78, 5) is 53.2. The summed E-state index contributed by atoms with van der Waals surface area (Å²) in [5, 5.41) is 9.12. The van der Waals surface area contributed by atoms with Crippen molar-refractivity contribution in [2.45, 2.75) is 57.4 Å². The smallest absolute Gasteiger partial charge is 0.414 e. The lowest BCUT2D eigenvalue weighted by Crippen LogP contribution is -2.45. The third-order valence-corrected chi connectivity index (χ3v) is 8.44. The van der Waals surface area contributed by atoms with Gasteiger partial charge in [-0.15, -0.1) is 6.58 Å². The minimum Gasteiger partial charge on any atom is -0.444 e. The van der Waals surface area contributed by atoms with E-state index in [4.69, 9.17) is 14.6 Å². The Hall–Kier alpha value is -5.54. The number of hydrogen-bond donors (Lipinski definition) is 1. The van der Waals surface area contributed by atoms with E-state index in [2.05, 4.69) is 6.58 Å². The van der Waals surface area contributed by atoms with E-state index in [0.717, 1.165) is 11.1 Å². The van der Waals surface area contributed by atoms with Crippen LogP contribution in [-0.2, 0) is 22.7 Å². The molecule has 0 aromatic heterocycles. The average molecular weight is 661 g/mol. The highest BCUT2D eigenvalue weighted by molar-refractivity contribution is 6.09. The molecule has 252 valence electrons. The Morgan fingerprint density at radius 2 is 1.10 bits per heavy atom. The zero-order chi connectivity index (χ0) is 34.6. The number of ether oxygens (including phenoxy) is 2. The minimum absolute atomic E-state index is 0.0191. The van der Waals surface area contributed by atoms with Crippen molar-refractivity contribution >= 4 is 35.1 Å². The molecule has 0 bridgehead atoms. The van der Waals surface area contributed by atoms with Crippen molar-refractivity contribution in [3.63, 3.8) is 0 Å². The first kappa shape index (κ1) is 34.8. The van der Waals surface area contributed by atoms with E-state index in [0.29, 0.717) is 41.8 Å². The number of benzene rings is 4. The molecule has 0 saturated carbocycles. The van der Waals surface area contributed by atoms with E-state index in [-0.39, 0.29) is 56.3 Å². The van der Waals surface area contributed by atoms with Gasteiger partial charge in [-0.3, -0.25) is 19.4 Å². The van der Waals surface area contributed by atoms with E-state index in [1.165, 1.54) is 0 Å². The lowest BCUT2D eigenvalue weighted by atomic mass is 9.92. The van der Waals surface area contributed by atoms with E-state index >= 15 is 0 Å². The van der Waals surface area contributed by atoms with E-state index < -0.39 is 12.2 Å². The molecule has 4 aromatic carbocycles. The number of fused-ring (bicyclic) bond motifs is 2. The van der Waals surface area contributed by atoms with Crippen LogP contribution in [0.3, 0.4) is 0 Å². The molecule has 2 amide bonds. The molecule has 0 saturated heterocycles. The minimum atomic E-state index is -0.466. The molecular weight excluding hydrogens is 620 g/mol. The third kappa shape index (κ3) is 8.69. The van der Waals surface area contributed by atoms with Crippen LogP contribution < -0.4 is 9.80 Å². The molecular formula is C40H40N2O7. The number of aliphatic hydroxyl groups is 1. The molecule has 1 N–H and O–H groups in total. The summed E-state index contributed by atoms with van der Waals surface area (Å²) < 4.78 is 11.0. The molecule has 6 rings (SSSR count). The highest BCUT2D eigenvalue weighted by atomic mass is 16.6. The van der Waals surface area contributed by atoms with Gasteiger partial charge in [0.15, 0.2) is 11.6 Å². The maximum absolute atomic E-state index is 12.7. The predicted octanol–water partition coefficient (Wildman–Crippen LogP) is 7.92. The fourth-order valence-corrected chi connectivity index (χ4v) is 6.07. The maximum Gasteiger partial charge on any atom is 0.414 e. The first-order valence-corrected chi connectivity index (χ1v) is 16.4. The van der Waals surface area contributed by atoms with Crippen LogP contribution in [-0.4, -0.2) is 47.6 Å². The second-order valence-electron chi connectivity index (χ2n) is 11.8. The summed E-state index contributed by atoms with van der Waals surface area (Å²) in [6, 6.07) is 32.7. The first-order valence-electron chi connectivity index (χ1n) is 16.4. The molecule has 2 aliphatic heterocycles. The summed E-state index contributed by atoms with van der Waals surface area (Å²) in [5.74, 6) is 0.0650. The largest absolute Gasteiger partial charge is 0.444 e. The topological polar surface area (TPSA) is 113 Å². The molecule has 9 nitrogen and oxygen atoms in total. The van der Waals surface area contributed by atoms with Gasteiger partial charge in [0.1, 0.15) is 13.2 Å². The van der Waals surface area contributed by atoms with Crippen LogP contribution in [0.5, 0.6) is 0 Å². The SMILES string of the molecule is C=CCC1CC(=O)c2ccccc2N1C(=O)OCc1ccccc1.O=C1CC(CCCO)N(C(=O)OCc2ccccc2)c2ccccc21. The van der Waals surface area contributed by atoms with Crippen LogP contribution >= 0.6 is 0 Å². The van der Waals surface area contributed by atoms with Gasteiger partial charge in [-0.05, 0) is 54.7 Å². The lowest BCUT2D eigenvalue weighted by Gasteiger charge is -2.35. The number of ketones is 2. The number of rotatable bonds is 9. The first-order chi connectivity index (χ1) is 23.9. The summed E-state index contributed by atoms with van der Waals surface area (Å²) in [6.07, 6.45) is 2.97. The van der Waals surface area contributed by atoms with Crippen molar-refractivity contribution in [2.24, 2.45) is 0 Å². The van der Waals surface area contributed by atoms with Crippen molar-refractivity contribution in [3.05, 3.63) is 144 Å². The van der Waals surface area contributed by atoms with E-state index in [1.54, 1.807) is 58.3 Å². The Morgan fingerprint density at radius 1 is 0.673 bits per heavy atom. The number of anilines is 2. The van der Waals surface area contributed by atoms with Crippen molar-refractivity contribution in [1.82, 2.24) is 0 Å². The van der Waals surface area contributed by atoms with Gasteiger partial charge in [-0.2, -0.15) is 0 Å². The molecule has 0 aliphatic carbocycles. The molecule has 2 unspecified atom stereocenters. The van der Waals surface area contributed by atoms with Gasteiger partial charge in [0, 0.05) is 36.6 Å². The molecule has 9 heteroatoms. The quantitative estimate of drug-likeness (QED) is 0.182. The number of aliphatic hydroxyl groups excluding tert-OH is 1. The zero-order valence-electron chi connectivity index (χ0n) is 27.3. The van der Waals surface area contributed by atoms with Crippen molar-refractivity contribution in [1.29, 1.82) is 0 Å². The van der Waals surface area contributed by atoms with Gasteiger partial charge in [0.2, 0.25) is 0 Å². The molecule has 0 spiro atoms. The highest BCUT2D eigenvalue weighted by Crippen LogP contribution is 2.34. The van der Waals surface area contributed by atoms with Crippen LogP contribution in [0, 0.1) is 0 Å². The van der Waals surface area contributed by atoms with Crippen molar-refractivity contribution in [3.8, 4) is 0 Å². The molecule has 2 heterocycles. The van der Waals surface area contributed by atoms with Crippen molar-refractivity contribution < 1.29 is 33.8 Å². The number of nitrogens with zero attached hydrogens (tertiary/aromatic N) is 2. The number of para-hydroxylation sites is 2. The monoisotopic (exact) mass is 660 g/mol. The average Bonchev–Trinajstić information content (AvgIpc) is 3.13. The van der Waals surface area contributed by atoms with Crippen LogP contribution in [0.2, 0.25) is 0 Å². The molecule has 4 aromatic rings. The Balaban J connectivity index is 0.000000191. The second-order valence-corrected chi connectivity index (χ2v) is 11.8. The number of amides is 2. The van der Waals surface area contributed by atoms with Gasteiger partial charge >= 0.3 is 12.2 Å². The highest BCUT2D eigenvalue weighted by Gasteiger charge is 2.36. The second kappa shape index (κ2) is 17.0. The summed E-state index contributed by atoms with van der Waals surface area (Å²) in [7, 11) is 0. The van der Waals surface area contributed by atoms with Crippen molar-refractivity contribution in [2.75, 3.05) is 16.4 Å². The molecule has 2 atom stereocenters. The summed E-state index contributed by atoms with van der Waals surface area (Å²) in [5.41, 5.74) is 4.13. The predicted molar refractivity (Wildman–Crippen MR) is 188 cm³/mol. The number of carbonyl (C=O) groups excluding carboxylic acids is 4. The van der Waals surface area contributed by atoms with Crippen LogP contribution in [0.15, 0.2) is 122 Å². The molecule has 0 fully saturated rings. The van der Waals surface area contributed by atoms with Gasteiger partial charge in [-0.1, -0.05) is 91.0 Å². The normalized spacial score (nSPS) is 16.4. The Morgan fingerprint density at radius 3 is 1.57 bits per heavy atom. The van der Waals surface area contributed by atoms with Gasteiger partial charge < -0.3 is 14.6 Å². The van der Waals surface area contributed by atoms with Gasteiger partial charge in [-0.25, -0.2) is 9.59 Å². The van der Waals surface area contributed by atoms with Gasteiger partial charge in [0.05, 0.1) is 17.4 Å². The van der Waals surface area contributed by atoms with E-state index in [1.807, 2.05) is 66.7 Å². The Labute approximate surface area is 286 Å². The number of Topliss-reactive ketones (excluding diaryl/α,β-unsaturated/α-hetero) is 2. The lowest BCUT2D eigenvalue weighted by molar-refractivity contribution is 0.0949. The third-order valence-electron chi connectivity index (χ3n) is 8.44. The number of hydrogen-bond acceptors (Lipinski definition) is 7. The maximum atomic E-state index is 12.7. The fourth-order valence-electron chi connectivity index (χ4n) is 6.07. The van der Waals surface area contributed by atoms with Crippen LogP contribution in [0.1, 0.15) is 63.9 Å². The summed E-state index contributed by atoms with van der Waals surface area (Å²) in [6.45, 7) is 4.14. The fraction of sp³-hybridized carbons (Fsp3) is 0.250. The van der Waals surface area contributed by atoms with Crippen LogP contribution in [0.4, 0.5) is 21.0 Å². The molecule has 49 heavy (non-hydrogen) atoms. The van der Waals surface area contributed by atoms with Gasteiger partial charge in [0.25, 0.3) is 0 Å².